The Morgan fingerprint density at radius 3 is 3.07 bits per heavy atom. The Morgan fingerprint density at radius 1 is 1.43 bits per heavy atom. The van der Waals surface area contributed by atoms with Crippen LogP contribution in [0.2, 0.25) is 0 Å². The van der Waals surface area contributed by atoms with Crippen molar-refractivity contribution in [1.29, 1.82) is 0 Å². The molecule has 0 unspecified atom stereocenters. The number of rotatable bonds is 1. The highest BCUT2D eigenvalue weighted by atomic mass is 16.5. The van der Waals surface area contributed by atoms with E-state index < -0.39 is 0 Å². The Morgan fingerprint density at radius 2 is 2.36 bits per heavy atom. The molecule has 1 spiro atoms. The van der Waals surface area contributed by atoms with Gasteiger partial charge in [0.2, 0.25) is 0 Å². The van der Waals surface area contributed by atoms with Gasteiger partial charge in [0, 0.05) is 19.3 Å². The number of hydrogen-bond acceptors (Lipinski definition) is 3. The van der Waals surface area contributed by atoms with Crippen LogP contribution in [-0.2, 0) is 4.74 Å². The van der Waals surface area contributed by atoms with E-state index in [4.69, 9.17) is 4.74 Å². The van der Waals surface area contributed by atoms with Crippen molar-refractivity contribution in [2.45, 2.75) is 18.4 Å². The molecule has 1 aliphatic carbocycles. The number of ether oxygens (including phenoxy) is 1. The molecule has 74 valence electrons. The third kappa shape index (κ3) is 1.38. The molecule has 1 saturated carbocycles. The number of nitrogens with zero attached hydrogens (tertiary/aromatic N) is 2. The maximum atomic E-state index is 5.77. The predicted molar refractivity (Wildman–Crippen MR) is 54.4 cm³/mol. The van der Waals surface area contributed by atoms with Gasteiger partial charge in [-0.15, -0.1) is 0 Å². The molecule has 0 atom stereocenters. The molecule has 1 aliphatic heterocycles. The maximum Gasteiger partial charge on any atom is 0.0859 e. The van der Waals surface area contributed by atoms with Crippen LogP contribution >= 0.6 is 0 Å². The van der Waals surface area contributed by atoms with E-state index in [9.17, 15) is 0 Å². The Kier molecular flexibility index (Phi) is 1.74. The average Bonchev–Trinajstić information content (AvgIpc) is 2.99. The number of morpholine rings is 1. The van der Waals surface area contributed by atoms with Crippen molar-refractivity contribution in [2.24, 2.45) is 0 Å². The molecule has 1 aromatic heterocycles. The smallest absolute Gasteiger partial charge is 0.0859 e. The third-order valence-electron chi connectivity index (χ3n) is 3.07. The Balaban J connectivity index is 1.79. The lowest BCUT2D eigenvalue weighted by Crippen LogP contribution is -2.43. The summed E-state index contributed by atoms with van der Waals surface area (Å²) in [4.78, 5) is 6.52. The summed E-state index contributed by atoms with van der Waals surface area (Å²) in [6.45, 7) is 2.89. The Bertz CT molecular complexity index is 321. The third-order valence-corrected chi connectivity index (χ3v) is 3.07. The Hall–Kier alpha value is -1.09. The molecule has 0 aromatic carbocycles. The second-order valence-corrected chi connectivity index (χ2v) is 4.16. The van der Waals surface area contributed by atoms with Gasteiger partial charge in [0.1, 0.15) is 0 Å². The van der Waals surface area contributed by atoms with Crippen molar-refractivity contribution in [3.05, 3.63) is 24.5 Å². The van der Waals surface area contributed by atoms with Crippen molar-refractivity contribution in [3.63, 3.8) is 0 Å². The van der Waals surface area contributed by atoms with E-state index in [1.54, 1.807) is 0 Å². The van der Waals surface area contributed by atoms with Crippen molar-refractivity contribution in [3.8, 4) is 0 Å². The summed E-state index contributed by atoms with van der Waals surface area (Å²) < 4.78 is 5.77. The maximum absolute atomic E-state index is 5.77. The summed E-state index contributed by atoms with van der Waals surface area (Å²) in [5.74, 6) is 0. The molecule has 0 bridgehead atoms. The summed E-state index contributed by atoms with van der Waals surface area (Å²) in [7, 11) is 0. The number of pyridine rings is 1. The minimum absolute atomic E-state index is 0.202. The zero-order valence-corrected chi connectivity index (χ0v) is 8.15. The molecule has 0 amide bonds. The van der Waals surface area contributed by atoms with Crippen LogP contribution in [0.1, 0.15) is 12.8 Å². The van der Waals surface area contributed by atoms with E-state index in [2.05, 4.69) is 16.0 Å². The molecular weight excluding hydrogens is 176 g/mol. The number of aromatic nitrogens is 1. The summed E-state index contributed by atoms with van der Waals surface area (Å²) in [5.41, 5.74) is 1.43. The summed E-state index contributed by atoms with van der Waals surface area (Å²) in [5, 5.41) is 0. The van der Waals surface area contributed by atoms with E-state index in [0.29, 0.717) is 0 Å². The first kappa shape index (κ1) is 8.24. The van der Waals surface area contributed by atoms with Crippen LogP contribution in [0.5, 0.6) is 0 Å². The van der Waals surface area contributed by atoms with Crippen molar-refractivity contribution in [2.75, 3.05) is 24.6 Å². The monoisotopic (exact) mass is 190 g/mol. The van der Waals surface area contributed by atoms with Crippen LogP contribution < -0.4 is 4.90 Å². The fourth-order valence-electron chi connectivity index (χ4n) is 2.05. The van der Waals surface area contributed by atoms with Gasteiger partial charge < -0.3 is 9.64 Å². The van der Waals surface area contributed by atoms with Crippen LogP contribution in [0.3, 0.4) is 0 Å². The first-order chi connectivity index (χ1) is 6.88. The van der Waals surface area contributed by atoms with Crippen LogP contribution in [0, 0.1) is 0 Å². The van der Waals surface area contributed by atoms with Crippen molar-refractivity contribution >= 4 is 5.69 Å². The molecule has 1 aromatic rings. The molecule has 2 heterocycles. The lowest BCUT2D eigenvalue weighted by atomic mass is 10.2. The lowest BCUT2D eigenvalue weighted by molar-refractivity contribution is 0.0206. The van der Waals surface area contributed by atoms with Gasteiger partial charge in [-0.1, -0.05) is 0 Å². The van der Waals surface area contributed by atoms with E-state index in [1.807, 2.05) is 18.5 Å². The van der Waals surface area contributed by atoms with Crippen molar-refractivity contribution < 1.29 is 4.74 Å². The first-order valence-electron chi connectivity index (χ1n) is 5.17. The van der Waals surface area contributed by atoms with Gasteiger partial charge in [0.15, 0.2) is 0 Å². The largest absolute Gasteiger partial charge is 0.371 e. The molecule has 3 rings (SSSR count). The van der Waals surface area contributed by atoms with E-state index >= 15 is 0 Å². The van der Waals surface area contributed by atoms with Gasteiger partial charge in [-0.05, 0) is 25.0 Å². The highest BCUT2D eigenvalue weighted by Gasteiger charge is 2.47. The molecule has 0 radical (unpaired) electrons. The Labute approximate surface area is 83.7 Å². The van der Waals surface area contributed by atoms with Crippen LogP contribution in [0.15, 0.2) is 24.5 Å². The zero-order valence-electron chi connectivity index (χ0n) is 8.15. The van der Waals surface area contributed by atoms with Crippen LogP contribution in [0.4, 0.5) is 5.69 Å². The molecule has 0 N–H and O–H groups in total. The fourth-order valence-corrected chi connectivity index (χ4v) is 2.05. The van der Waals surface area contributed by atoms with Gasteiger partial charge >= 0.3 is 0 Å². The van der Waals surface area contributed by atoms with Gasteiger partial charge in [0.25, 0.3) is 0 Å². The number of anilines is 1. The second kappa shape index (κ2) is 2.95. The highest BCUT2D eigenvalue weighted by Crippen LogP contribution is 2.42. The zero-order chi connectivity index (χ0) is 9.43. The van der Waals surface area contributed by atoms with Gasteiger partial charge in [-0.25, -0.2) is 0 Å². The highest BCUT2D eigenvalue weighted by molar-refractivity contribution is 5.45. The topological polar surface area (TPSA) is 25.4 Å². The molecule has 3 nitrogen and oxygen atoms in total. The molecular formula is C11H14N2O. The summed E-state index contributed by atoms with van der Waals surface area (Å²) in [6, 6.07) is 4.11. The first-order valence-corrected chi connectivity index (χ1v) is 5.17. The van der Waals surface area contributed by atoms with Gasteiger partial charge in [-0.2, -0.15) is 0 Å². The molecule has 3 heteroatoms. The molecule has 2 aliphatic rings. The van der Waals surface area contributed by atoms with E-state index in [0.717, 1.165) is 19.7 Å². The van der Waals surface area contributed by atoms with E-state index in [1.165, 1.54) is 18.5 Å². The van der Waals surface area contributed by atoms with Crippen LogP contribution in [-0.4, -0.2) is 30.3 Å². The molecule has 1 saturated heterocycles. The van der Waals surface area contributed by atoms with Gasteiger partial charge in [0.05, 0.1) is 24.1 Å². The van der Waals surface area contributed by atoms with Crippen LogP contribution in [0.25, 0.3) is 0 Å². The average molecular weight is 190 g/mol. The standard InChI is InChI=1S/C11H14N2O/c1-2-10(8-12-5-1)13-6-7-14-11(9-13)3-4-11/h1-2,5,8H,3-4,6-7,9H2. The van der Waals surface area contributed by atoms with E-state index in [-0.39, 0.29) is 5.60 Å². The predicted octanol–water partition coefficient (Wildman–Crippen LogP) is 1.45. The minimum Gasteiger partial charge on any atom is -0.371 e. The normalized spacial score (nSPS) is 23.9. The second-order valence-electron chi connectivity index (χ2n) is 4.16. The quantitative estimate of drug-likeness (QED) is 0.670. The van der Waals surface area contributed by atoms with Gasteiger partial charge in [-0.3, -0.25) is 4.98 Å². The molecule has 14 heavy (non-hydrogen) atoms. The summed E-state index contributed by atoms with van der Waals surface area (Å²) >= 11 is 0. The number of hydrogen-bond donors (Lipinski definition) is 0. The molecule has 2 fully saturated rings. The fraction of sp³-hybridized carbons (Fsp3) is 0.545. The SMILES string of the molecule is c1cncc(N2CCOC3(CC3)C2)c1. The minimum atomic E-state index is 0.202. The van der Waals surface area contributed by atoms with Crippen molar-refractivity contribution in [1.82, 2.24) is 4.98 Å². The lowest BCUT2D eigenvalue weighted by Gasteiger charge is -2.34. The summed E-state index contributed by atoms with van der Waals surface area (Å²) in [6.07, 6.45) is 6.20.